The first-order chi connectivity index (χ1) is 7.29. The van der Waals surface area contributed by atoms with Crippen molar-refractivity contribution in [3.63, 3.8) is 0 Å². The number of hydrogen-bond acceptors (Lipinski definition) is 2. The van der Waals surface area contributed by atoms with Crippen LogP contribution in [0, 0.1) is 11.8 Å². The number of hydrogen-bond donors (Lipinski definition) is 1. The molecule has 0 aliphatic heterocycles. The Labute approximate surface area is 94.4 Å². The molecule has 2 aliphatic carbocycles. The monoisotopic (exact) mass is 210 g/mol. The Kier molecular flexibility index (Phi) is 4.04. The van der Waals surface area contributed by atoms with Gasteiger partial charge in [-0.25, -0.2) is 0 Å². The van der Waals surface area contributed by atoms with Crippen LogP contribution in [0.25, 0.3) is 0 Å². The Bertz CT molecular complexity index is 185. The molecule has 2 nitrogen and oxygen atoms in total. The van der Waals surface area contributed by atoms with Crippen LogP contribution >= 0.6 is 0 Å². The molecule has 0 aromatic heterocycles. The van der Waals surface area contributed by atoms with Crippen molar-refractivity contribution in [3.8, 4) is 0 Å². The molecule has 2 fully saturated rings. The van der Waals surface area contributed by atoms with Crippen molar-refractivity contribution >= 4 is 0 Å². The molecule has 0 heterocycles. The predicted molar refractivity (Wildman–Crippen MR) is 65.0 cm³/mol. The van der Waals surface area contributed by atoms with Crippen LogP contribution in [-0.2, 0) is 0 Å². The van der Waals surface area contributed by atoms with Crippen molar-refractivity contribution in [1.29, 1.82) is 0 Å². The topological polar surface area (TPSA) is 15.3 Å². The first-order valence-corrected chi connectivity index (χ1v) is 6.71. The van der Waals surface area contributed by atoms with E-state index in [1.807, 2.05) is 0 Å². The number of likely N-dealkylation sites (N-methyl/N-ethyl adjacent to an activating group) is 1. The van der Waals surface area contributed by atoms with Gasteiger partial charge in [0, 0.05) is 19.1 Å². The minimum Gasteiger partial charge on any atom is -0.312 e. The van der Waals surface area contributed by atoms with E-state index < -0.39 is 0 Å². The van der Waals surface area contributed by atoms with Crippen LogP contribution in [-0.4, -0.2) is 37.6 Å². The average molecular weight is 210 g/mol. The lowest BCUT2D eigenvalue weighted by Crippen LogP contribution is -2.42. The van der Waals surface area contributed by atoms with Crippen LogP contribution < -0.4 is 5.32 Å². The normalized spacial score (nSPS) is 23.4. The molecule has 0 spiro atoms. The molecule has 88 valence electrons. The molecule has 0 aromatic carbocycles. The third kappa shape index (κ3) is 4.12. The zero-order valence-corrected chi connectivity index (χ0v) is 10.3. The molecule has 0 bridgehead atoms. The minimum absolute atomic E-state index is 0.772. The Hall–Kier alpha value is -0.0800. The molecule has 2 saturated carbocycles. The molecule has 1 N–H and O–H groups in total. The second kappa shape index (κ2) is 5.31. The number of nitrogens with one attached hydrogen (secondary N) is 1. The van der Waals surface area contributed by atoms with E-state index in [1.54, 1.807) is 0 Å². The highest BCUT2D eigenvalue weighted by Crippen LogP contribution is 2.34. The smallest absolute Gasteiger partial charge is 0.0223 e. The summed E-state index contributed by atoms with van der Waals surface area (Å²) in [5.74, 6) is 2.01. The van der Waals surface area contributed by atoms with E-state index in [1.165, 1.54) is 51.7 Å². The Morgan fingerprint density at radius 2 is 2.00 bits per heavy atom. The maximum absolute atomic E-state index is 3.71. The average Bonchev–Trinajstić information content (AvgIpc) is 3.01. The zero-order valence-electron chi connectivity index (χ0n) is 10.3. The number of nitrogens with zero attached hydrogens (tertiary/aromatic N) is 1. The molecular formula is C13H26N2. The second-order valence-corrected chi connectivity index (χ2v) is 5.56. The molecular weight excluding hydrogens is 184 g/mol. The Morgan fingerprint density at radius 3 is 2.53 bits per heavy atom. The van der Waals surface area contributed by atoms with Crippen LogP contribution in [0.5, 0.6) is 0 Å². The molecule has 2 aliphatic rings. The van der Waals surface area contributed by atoms with Crippen LogP contribution in [0.1, 0.15) is 39.0 Å². The van der Waals surface area contributed by atoms with E-state index in [9.17, 15) is 0 Å². The van der Waals surface area contributed by atoms with Crippen molar-refractivity contribution < 1.29 is 0 Å². The van der Waals surface area contributed by atoms with E-state index in [4.69, 9.17) is 0 Å². The molecule has 2 rings (SSSR count). The first-order valence-electron chi connectivity index (χ1n) is 6.71. The lowest BCUT2D eigenvalue weighted by atomic mass is 10.1. The summed E-state index contributed by atoms with van der Waals surface area (Å²) >= 11 is 0. The van der Waals surface area contributed by atoms with E-state index in [0.717, 1.165) is 17.9 Å². The SMILES string of the molecule is CCCNC(CN(C)CC1CC1)C1CC1. The second-order valence-electron chi connectivity index (χ2n) is 5.56. The molecule has 0 aromatic rings. The van der Waals surface area contributed by atoms with Crippen molar-refractivity contribution in [1.82, 2.24) is 10.2 Å². The van der Waals surface area contributed by atoms with Gasteiger partial charge in [-0.15, -0.1) is 0 Å². The van der Waals surface area contributed by atoms with E-state index in [2.05, 4.69) is 24.2 Å². The van der Waals surface area contributed by atoms with Gasteiger partial charge in [-0.05, 0) is 57.5 Å². The van der Waals surface area contributed by atoms with E-state index >= 15 is 0 Å². The summed E-state index contributed by atoms with van der Waals surface area (Å²) in [6.45, 7) is 6.04. The molecule has 2 heteroatoms. The highest BCUT2D eigenvalue weighted by atomic mass is 15.1. The predicted octanol–water partition coefficient (Wildman–Crippen LogP) is 2.11. The van der Waals surface area contributed by atoms with Gasteiger partial charge in [0.1, 0.15) is 0 Å². The standard InChI is InChI=1S/C13H26N2/c1-3-8-14-13(12-6-7-12)10-15(2)9-11-4-5-11/h11-14H,3-10H2,1-2H3. The summed E-state index contributed by atoms with van der Waals surface area (Å²) in [5.41, 5.74) is 0. The maximum Gasteiger partial charge on any atom is 0.0223 e. The lowest BCUT2D eigenvalue weighted by molar-refractivity contribution is 0.265. The zero-order chi connectivity index (χ0) is 10.7. The molecule has 0 saturated heterocycles. The van der Waals surface area contributed by atoms with Crippen LogP contribution in [0.15, 0.2) is 0 Å². The van der Waals surface area contributed by atoms with Crippen LogP contribution in [0.4, 0.5) is 0 Å². The van der Waals surface area contributed by atoms with E-state index in [-0.39, 0.29) is 0 Å². The van der Waals surface area contributed by atoms with E-state index in [0.29, 0.717) is 0 Å². The fourth-order valence-electron chi connectivity index (χ4n) is 2.36. The quantitative estimate of drug-likeness (QED) is 0.660. The van der Waals surface area contributed by atoms with Crippen LogP contribution in [0.3, 0.4) is 0 Å². The van der Waals surface area contributed by atoms with Gasteiger partial charge in [-0.2, -0.15) is 0 Å². The fraction of sp³-hybridized carbons (Fsp3) is 1.00. The summed E-state index contributed by atoms with van der Waals surface area (Å²) in [5, 5.41) is 3.71. The van der Waals surface area contributed by atoms with Crippen molar-refractivity contribution in [3.05, 3.63) is 0 Å². The molecule has 1 atom stereocenters. The minimum atomic E-state index is 0.772. The summed E-state index contributed by atoms with van der Waals surface area (Å²) < 4.78 is 0. The third-order valence-corrected chi connectivity index (χ3v) is 3.62. The molecule has 15 heavy (non-hydrogen) atoms. The van der Waals surface area contributed by atoms with Crippen molar-refractivity contribution in [2.45, 2.75) is 45.1 Å². The Balaban J connectivity index is 1.66. The van der Waals surface area contributed by atoms with Gasteiger partial charge >= 0.3 is 0 Å². The van der Waals surface area contributed by atoms with Crippen molar-refractivity contribution in [2.24, 2.45) is 11.8 Å². The highest BCUT2D eigenvalue weighted by molar-refractivity contribution is 4.88. The van der Waals surface area contributed by atoms with Gasteiger partial charge in [-0.3, -0.25) is 0 Å². The van der Waals surface area contributed by atoms with Gasteiger partial charge in [0.25, 0.3) is 0 Å². The molecule has 0 amide bonds. The maximum atomic E-state index is 3.71. The summed E-state index contributed by atoms with van der Waals surface area (Å²) in [4.78, 5) is 2.54. The first kappa shape index (κ1) is 11.4. The van der Waals surface area contributed by atoms with Gasteiger partial charge in [0.05, 0.1) is 0 Å². The third-order valence-electron chi connectivity index (χ3n) is 3.62. The van der Waals surface area contributed by atoms with Gasteiger partial charge < -0.3 is 10.2 Å². The highest BCUT2D eigenvalue weighted by Gasteiger charge is 2.32. The summed E-state index contributed by atoms with van der Waals surface area (Å²) in [6.07, 6.45) is 7.12. The largest absolute Gasteiger partial charge is 0.312 e. The number of rotatable bonds is 8. The molecule has 1 unspecified atom stereocenters. The molecule has 0 radical (unpaired) electrons. The van der Waals surface area contributed by atoms with Gasteiger partial charge in [-0.1, -0.05) is 6.92 Å². The van der Waals surface area contributed by atoms with Gasteiger partial charge in [0.2, 0.25) is 0 Å². The summed E-state index contributed by atoms with van der Waals surface area (Å²) in [7, 11) is 2.29. The fourth-order valence-corrected chi connectivity index (χ4v) is 2.36. The van der Waals surface area contributed by atoms with Crippen LogP contribution in [0.2, 0.25) is 0 Å². The lowest BCUT2D eigenvalue weighted by Gasteiger charge is -2.25. The summed E-state index contributed by atoms with van der Waals surface area (Å²) in [6, 6.07) is 0.772. The Morgan fingerprint density at radius 1 is 1.27 bits per heavy atom. The van der Waals surface area contributed by atoms with Gasteiger partial charge in [0.15, 0.2) is 0 Å². The van der Waals surface area contributed by atoms with Crippen molar-refractivity contribution in [2.75, 3.05) is 26.7 Å².